The number of rotatable bonds is 5. The highest BCUT2D eigenvalue weighted by Crippen LogP contribution is 2.33. The highest BCUT2D eigenvalue weighted by molar-refractivity contribution is 6.07. The lowest BCUT2D eigenvalue weighted by atomic mass is 10.1. The zero-order chi connectivity index (χ0) is 20.4. The third-order valence-electron chi connectivity index (χ3n) is 4.81. The van der Waals surface area contributed by atoms with Gasteiger partial charge in [0.05, 0.1) is 11.7 Å². The van der Waals surface area contributed by atoms with Crippen LogP contribution in [0.2, 0.25) is 0 Å². The van der Waals surface area contributed by atoms with E-state index in [2.05, 4.69) is 28.3 Å². The van der Waals surface area contributed by atoms with Crippen molar-refractivity contribution in [3.05, 3.63) is 72.1 Å². The molecule has 6 heteroatoms. The number of anilines is 3. The zero-order valence-electron chi connectivity index (χ0n) is 16.8. The van der Waals surface area contributed by atoms with Gasteiger partial charge < -0.3 is 15.0 Å². The summed E-state index contributed by atoms with van der Waals surface area (Å²) in [4.78, 5) is 23.5. The summed E-state index contributed by atoms with van der Waals surface area (Å²) in [6.45, 7) is 6.04. The lowest BCUT2D eigenvalue weighted by molar-refractivity contribution is 0.0981. The van der Waals surface area contributed by atoms with Gasteiger partial charge in [0.2, 0.25) is 5.95 Å². The van der Waals surface area contributed by atoms with Gasteiger partial charge in [0.15, 0.2) is 0 Å². The van der Waals surface area contributed by atoms with Crippen molar-refractivity contribution in [2.75, 3.05) is 10.2 Å². The first-order valence-electron chi connectivity index (χ1n) is 9.78. The first kappa shape index (κ1) is 18.9. The van der Waals surface area contributed by atoms with Crippen molar-refractivity contribution in [3.8, 4) is 5.75 Å². The summed E-state index contributed by atoms with van der Waals surface area (Å²) in [5.41, 5.74) is 3.48. The van der Waals surface area contributed by atoms with Crippen LogP contribution in [0.4, 0.5) is 17.3 Å². The van der Waals surface area contributed by atoms with Crippen LogP contribution >= 0.6 is 0 Å². The number of nitrogens with zero attached hydrogens (tertiary/aromatic N) is 3. The molecule has 0 radical (unpaired) electrons. The fraction of sp³-hybridized carbons (Fsp3) is 0.261. The van der Waals surface area contributed by atoms with E-state index in [1.807, 2.05) is 61.2 Å². The van der Waals surface area contributed by atoms with Crippen LogP contribution in [0.5, 0.6) is 5.75 Å². The van der Waals surface area contributed by atoms with Gasteiger partial charge in [0.25, 0.3) is 5.91 Å². The molecule has 1 unspecified atom stereocenters. The first-order valence-corrected chi connectivity index (χ1v) is 9.78. The maximum atomic E-state index is 13.0. The predicted octanol–water partition coefficient (Wildman–Crippen LogP) is 4.60. The number of hydrogen-bond acceptors (Lipinski definition) is 5. The summed E-state index contributed by atoms with van der Waals surface area (Å²) in [7, 11) is 0. The number of fused-ring (bicyclic) bond motifs is 1. The van der Waals surface area contributed by atoms with Crippen LogP contribution in [0, 0.1) is 0 Å². The highest BCUT2D eigenvalue weighted by Gasteiger charge is 2.31. The predicted molar refractivity (Wildman–Crippen MR) is 114 cm³/mol. The molecular formula is C23H24N4O2. The van der Waals surface area contributed by atoms with Gasteiger partial charge in [-0.15, -0.1) is 0 Å². The molecule has 148 valence electrons. The molecule has 0 saturated heterocycles. The molecular weight excluding hydrogens is 364 g/mol. The third kappa shape index (κ3) is 4.06. The summed E-state index contributed by atoms with van der Waals surface area (Å²) >= 11 is 0. The monoisotopic (exact) mass is 388 g/mol. The second kappa shape index (κ2) is 7.91. The lowest BCUT2D eigenvalue weighted by Crippen LogP contribution is -2.35. The Kier molecular flexibility index (Phi) is 5.16. The Morgan fingerprint density at radius 3 is 2.48 bits per heavy atom. The lowest BCUT2D eigenvalue weighted by Gasteiger charge is -2.22. The van der Waals surface area contributed by atoms with Crippen molar-refractivity contribution in [3.63, 3.8) is 0 Å². The van der Waals surface area contributed by atoms with E-state index >= 15 is 0 Å². The van der Waals surface area contributed by atoms with E-state index in [0.29, 0.717) is 11.5 Å². The van der Waals surface area contributed by atoms with Crippen molar-refractivity contribution in [2.45, 2.75) is 39.3 Å². The van der Waals surface area contributed by atoms with E-state index in [-0.39, 0.29) is 18.1 Å². The minimum Gasteiger partial charge on any atom is -0.491 e. The number of carbonyl (C=O) groups is 1. The molecule has 3 aromatic rings. The fourth-order valence-corrected chi connectivity index (χ4v) is 3.54. The van der Waals surface area contributed by atoms with Gasteiger partial charge >= 0.3 is 0 Å². The number of ether oxygens (including phenoxy) is 1. The van der Waals surface area contributed by atoms with Crippen LogP contribution in [0.25, 0.3) is 0 Å². The van der Waals surface area contributed by atoms with Crippen molar-refractivity contribution in [1.29, 1.82) is 0 Å². The van der Waals surface area contributed by atoms with Gasteiger partial charge in [-0.2, -0.15) is 0 Å². The Hall–Kier alpha value is -3.41. The van der Waals surface area contributed by atoms with E-state index in [4.69, 9.17) is 4.74 Å². The Morgan fingerprint density at radius 1 is 1.10 bits per heavy atom. The van der Waals surface area contributed by atoms with Gasteiger partial charge in [-0.05, 0) is 63.1 Å². The maximum absolute atomic E-state index is 13.0. The molecule has 1 aliphatic rings. The largest absolute Gasteiger partial charge is 0.491 e. The van der Waals surface area contributed by atoms with Gasteiger partial charge in [-0.25, -0.2) is 9.97 Å². The zero-order valence-corrected chi connectivity index (χ0v) is 16.8. The Morgan fingerprint density at radius 2 is 1.79 bits per heavy atom. The minimum atomic E-state index is -0.0795. The SMILES string of the molecule is CC(C)Oc1ccc(Nc2ncc(C(=O)N3c4ccccc4CC3C)cn2)cc1. The third-order valence-corrected chi connectivity index (χ3v) is 4.81. The quantitative estimate of drug-likeness (QED) is 0.692. The first-order chi connectivity index (χ1) is 14.0. The summed E-state index contributed by atoms with van der Waals surface area (Å²) in [5.74, 6) is 1.17. The number of benzene rings is 2. The molecule has 0 spiro atoms. The van der Waals surface area contributed by atoms with E-state index in [1.54, 1.807) is 12.4 Å². The molecule has 2 heterocycles. The van der Waals surface area contributed by atoms with E-state index in [9.17, 15) is 4.79 Å². The second-order valence-electron chi connectivity index (χ2n) is 7.47. The molecule has 1 aliphatic heterocycles. The Balaban J connectivity index is 1.46. The van der Waals surface area contributed by atoms with Gasteiger partial charge in [-0.3, -0.25) is 4.79 Å². The number of hydrogen-bond donors (Lipinski definition) is 1. The maximum Gasteiger partial charge on any atom is 0.261 e. The van der Waals surface area contributed by atoms with E-state index in [1.165, 1.54) is 5.56 Å². The molecule has 0 aliphatic carbocycles. The molecule has 0 bridgehead atoms. The van der Waals surface area contributed by atoms with Gasteiger partial charge in [0, 0.05) is 29.8 Å². The average molecular weight is 388 g/mol. The number of para-hydroxylation sites is 1. The van der Waals surface area contributed by atoms with Crippen molar-refractivity contribution in [2.24, 2.45) is 0 Å². The molecule has 1 atom stereocenters. The average Bonchev–Trinajstić information content (AvgIpc) is 3.05. The Labute approximate surface area is 170 Å². The van der Waals surface area contributed by atoms with Crippen molar-refractivity contribution < 1.29 is 9.53 Å². The summed E-state index contributed by atoms with van der Waals surface area (Å²) in [5, 5.41) is 3.14. The molecule has 0 saturated carbocycles. The Bertz CT molecular complexity index is 1000. The molecule has 6 nitrogen and oxygen atoms in total. The van der Waals surface area contributed by atoms with Gasteiger partial charge in [0.1, 0.15) is 5.75 Å². The molecule has 4 rings (SSSR count). The number of aromatic nitrogens is 2. The molecule has 0 fully saturated rings. The normalized spacial score (nSPS) is 15.3. The van der Waals surface area contributed by atoms with E-state index < -0.39 is 0 Å². The van der Waals surface area contributed by atoms with Crippen LogP contribution in [-0.4, -0.2) is 28.0 Å². The molecule has 1 aromatic heterocycles. The number of amides is 1. The topological polar surface area (TPSA) is 67.3 Å². The van der Waals surface area contributed by atoms with Crippen molar-refractivity contribution in [1.82, 2.24) is 9.97 Å². The number of nitrogens with one attached hydrogen (secondary N) is 1. The van der Waals surface area contributed by atoms with E-state index in [0.717, 1.165) is 23.5 Å². The van der Waals surface area contributed by atoms with Crippen molar-refractivity contribution >= 4 is 23.2 Å². The summed E-state index contributed by atoms with van der Waals surface area (Å²) in [6, 6.07) is 15.7. The van der Waals surface area contributed by atoms with Crippen LogP contribution in [0.3, 0.4) is 0 Å². The smallest absolute Gasteiger partial charge is 0.261 e. The second-order valence-corrected chi connectivity index (χ2v) is 7.47. The van der Waals surface area contributed by atoms with Crippen LogP contribution in [-0.2, 0) is 6.42 Å². The fourth-order valence-electron chi connectivity index (χ4n) is 3.54. The number of carbonyl (C=O) groups excluding carboxylic acids is 1. The van der Waals surface area contributed by atoms with Crippen LogP contribution in [0.15, 0.2) is 60.9 Å². The minimum absolute atomic E-state index is 0.0795. The molecule has 1 N–H and O–H groups in total. The molecule has 1 amide bonds. The highest BCUT2D eigenvalue weighted by atomic mass is 16.5. The summed E-state index contributed by atoms with van der Waals surface area (Å²) in [6.07, 6.45) is 4.13. The summed E-state index contributed by atoms with van der Waals surface area (Å²) < 4.78 is 5.64. The van der Waals surface area contributed by atoms with Crippen LogP contribution < -0.4 is 15.0 Å². The van der Waals surface area contributed by atoms with Gasteiger partial charge in [-0.1, -0.05) is 18.2 Å². The standard InChI is InChI=1S/C23H24N4O2/c1-15(2)29-20-10-8-19(9-11-20)26-23-24-13-18(14-25-23)22(28)27-16(3)12-17-6-4-5-7-21(17)27/h4-11,13-16H,12H2,1-3H3,(H,24,25,26). The van der Waals surface area contributed by atoms with Crippen LogP contribution in [0.1, 0.15) is 36.7 Å². The molecule has 2 aromatic carbocycles. The molecule has 29 heavy (non-hydrogen) atoms.